The van der Waals surface area contributed by atoms with Crippen LogP contribution in [-0.2, 0) is 14.3 Å². The maximum atomic E-state index is 11.9. The third-order valence-corrected chi connectivity index (χ3v) is 3.61. The molecule has 0 spiro atoms. The fraction of sp³-hybridized carbons (Fsp3) is 0.857. The molecule has 1 aliphatic heterocycles. The first-order valence-corrected chi connectivity index (χ1v) is 7.30. The van der Waals surface area contributed by atoms with Crippen LogP contribution in [0.4, 0.5) is 0 Å². The van der Waals surface area contributed by atoms with E-state index in [0.29, 0.717) is 6.54 Å². The lowest BCUT2D eigenvalue weighted by atomic mass is 10.1. The van der Waals surface area contributed by atoms with Crippen molar-refractivity contribution in [1.82, 2.24) is 10.2 Å². The number of carbonyl (C=O) groups is 2. The molecule has 0 aromatic heterocycles. The minimum atomic E-state index is -0.574. The van der Waals surface area contributed by atoms with E-state index in [1.807, 2.05) is 13.8 Å². The topological polar surface area (TPSA) is 84.7 Å². The highest BCUT2D eigenvalue weighted by Crippen LogP contribution is 2.13. The predicted octanol–water partition coefficient (Wildman–Crippen LogP) is 0.535. The molecule has 3 N–H and O–H groups in total. The number of rotatable bonds is 6. The number of nitrogens with zero attached hydrogens (tertiary/aromatic N) is 1. The van der Waals surface area contributed by atoms with Crippen LogP contribution in [0.5, 0.6) is 0 Å². The molecule has 1 rings (SSSR count). The fourth-order valence-electron chi connectivity index (χ4n) is 2.08. The summed E-state index contributed by atoms with van der Waals surface area (Å²) in [4.78, 5) is 25.2. The van der Waals surface area contributed by atoms with Crippen LogP contribution in [-0.4, -0.2) is 55.6 Å². The van der Waals surface area contributed by atoms with Gasteiger partial charge in [0.2, 0.25) is 11.8 Å². The number of halogens is 1. The van der Waals surface area contributed by atoms with E-state index >= 15 is 0 Å². The summed E-state index contributed by atoms with van der Waals surface area (Å²) in [7, 11) is 1.73. The zero-order valence-corrected chi connectivity index (χ0v) is 13.9. The summed E-state index contributed by atoms with van der Waals surface area (Å²) in [5.41, 5.74) is 5.71. The van der Waals surface area contributed by atoms with E-state index in [1.54, 1.807) is 11.9 Å². The maximum Gasteiger partial charge on any atom is 0.241 e. The summed E-state index contributed by atoms with van der Waals surface area (Å²) in [5.74, 6) is -0.349. The molecule has 1 unspecified atom stereocenters. The number of carbonyl (C=O) groups excluding carboxylic acids is 2. The molecule has 0 aromatic rings. The first-order valence-electron chi connectivity index (χ1n) is 7.30. The summed E-state index contributed by atoms with van der Waals surface area (Å²) >= 11 is 0. The Morgan fingerprint density at radius 3 is 2.57 bits per heavy atom. The minimum absolute atomic E-state index is 0. The Balaban J connectivity index is 0.00000400. The first kappa shape index (κ1) is 20.1. The van der Waals surface area contributed by atoms with Gasteiger partial charge in [-0.05, 0) is 25.2 Å². The van der Waals surface area contributed by atoms with Crippen LogP contribution in [0, 0.1) is 5.92 Å². The van der Waals surface area contributed by atoms with E-state index in [1.165, 1.54) is 0 Å². The average molecular weight is 322 g/mol. The Morgan fingerprint density at radius 2 is 2.05 bits per heavy atom. The van der Waals surface area contributed by atoms with E-state index in [0.717, 1.165) is 25.9 Å². The largest absolute Gasteiger partial charge is 0.376 e. The fourth-order valence-corrected chi connectivity index (χ4v) is 2.08. The van der Waals surface area contributed by atoms with Gasteiger partial charge in [0.1, 0.15) is 0 Å². The van der Waals surface area contributed by atoms with Crippen molar-refractivity contribution in [3.8, 4) is 0 Å². The standard InChI is InChI=1S/C14H27N3O3.ClH/c1-10(2)13(15)14(19)16-8-12(18)17(3)9-11-6-4-5-7-20-11;/h10-11,13H,4-9,15H2,1-3H3,(H,16,19);1H/t11?,13-;/m0./s1. The summed E-state index contributed by atoms with van der Waals surface area (Å²) in [6, 6.07) is -0.574. The molecule has 7 heteroatoms. The predicted molar refractivity (Wildman–Crippen MR) is 84.3 cm³/mol. The molecule has 1 aliphatic rings. The van der Waals surface area contributed by atoms with Crippen LogP contribution >= 0.6 is 12.4 Å². The molecule has 6 nitrogen and oxygen atoms in total. The maximum absolute atomic E-state index is 11.9. The molecule has 0 aromatic carbocycles. The zero-order valence-electron chi connectivity index (χ0n) is 13.1. The molecule has 21 heavy (non-hydrogen) atoms. The zero-order chi connectivity index (χ0) is 15.1. The molecule has 0 radical (unpaired) electrons. The number of hydrogen-bond donors (Lipinski definition) is 2. The van der Waals surface area contributed by atoms with E-state index in [4.69, 9.17) is 10.5 Å². The number of likely N-dealkylation sites (N-methyl/N-ethyl adjacent to an activating group) is 1. The minimum Gasteiger partial charge on any atom is -0.376 e. The van der Waals surface area contributed by atoms with Crippen molar-refractivity contribution in [3.05, 3.63) is 0 Å². The van der Waals surface area contributed by atoms with E-state index in [2.05, 4.69) is 5.32 Å². The number of amides is 2. The van der Waals surface area contributed by atoms with Gasteiger partial charge in [0.25, 0.3) is 0 Å². The number of nitrogens with one attached hydrogen (secondary N) is 1. The van der Waals surface area contributed by atoms with Crippen LogP contribution < -0.4 is 11.1 Å². The lowest BCUT2D eigenvalue weighted by Gasteiger charge is -2.27. The second kappa shape index (κ2) is 9.97. The van der Waals surface area contributed by atoms with Gasteiger partial charge in [-0.3, -0.25) is 9.59 Å². The van der Waals surface area contributed by atoms with Gasteiger partial charge < -0.3 is 20.7 Å². The molecular formula is C14H28ClN3O3. The monoisotopic (exact) mass is 321 g/mol. The lowest BCUT2D eigenvalue weighted by Crippen LogP contribution is -2.48. The van der Waals surface area contributed by atoms with Crippen LogP contribution in [0.25, 0.3) is 0 Å². The molecule has 0 aliphatic carbocycles. The van der Waals surface area contributed by atoms with Crippen molar-refractivity contribution < 1.29 is 14.3 Å². The Bertz CT molecular complexity index is 333. The normalized spacial score (nSPS) is 19.6. The summed E-state index contributed by atoms with van der Waals surface area (Å²) < 4.78 is 5.59. The summed E-state index contributed by atoms with van der Waals surface area (Å²) in [5, 5.41) is 2.59. The molecule has 0 saturated carbocycles. The van der Waals surface area contributed by atoms with Crippen molar-refractivity contribution in [2.24, 2.45) is 11.7 Å². The van der Waals surface area contributed by atoms with Crippen molar-refractivity contribution in [2.75, 3.05) is 26.7 Å². The van der Waals surface area contributed by atoms with Crippen molar-refractivity contribution in [1.29, 1.82) is 0 Å². The third-order valence-electron chi connectivity index (χ3n) is 3.61. The van der Waals surface area contributed by atoms with Gasteiger partial charge in [-0.15, -0.1) is 12.4 Å². The van der Waals surface area contributed by atoms with E-state index < -0.39 is 6.04 Å². The summed E-state index contributed by atoms with van der Waals surface area (Å²) in [6.07, 6.45) is 3.35. The Kier molecular flexibility index (Phi) is 9.57. The molecule has 1 fully saturated rings. The van der Waals surface area contributed by atoms with Gasteiger partial charge in [0, 0.05) is 20.2 Å². The van der Waals surface area contributed by atoms with Gasteiger partial charge in [-0.1, -0.05) is 13.8 Å². The van der Waals surface area contributed by atoms with Crippen LogP contribution in [0.2, 0.25) is 0 Å². The van der Waals surface area contributed by atoms with Gasteiger partial charge in [0.05, 0.1) is 18.7 Å². The highest BCUT2D eigenvalue weighted by atomic mass is 35.5. The van der Waals surface area contributed by atoms with Gasteiger partial charge in [0.15, 0.2) is 0 Å². The third kappa shape index (κ3) is 7.11. The quantitative estimate of drug-likeness (QED) is 0.747. The molecule has 124 valence electrons. The van der Waals surface area contributed by atoms with Crippen LogP contribution in [0.1, 0.15) is 33.1 Å². The molecule has 2 atom stereocenters. The van der Waals surface area contributed by atoms with Crippen LogP contribution in [0.15, 0.2) is 0 Å². The Labute approximate surface area is 133 Å². The van der Waals surface area contributed by atoms with Crippen molar-refractivity contribution >= 4 is 24.2 Å². The Hall–Kier alpha value is -0.850. The second-order valence-electron chi connectivity index (χ2n) is 5.75. The Morgan fingerprint density at radius 1 is 1.38 bits per heavy atom. The van der Waals surface area contributed by atoms with Crippen molar-refractivity contribution in [2.45, 2.75) is 45.3 Å². The lowest BCUT2D eigenvalue weighted by molar-refractivity contribution is -0.134. The molecule has 0 bridgehead atoms. The van der Waals surface area contributed by atoms with Gasteiger partial charge in [-0.2, -0.15) is 0 Å². The smallest absolute Gasteiger partial charge is 0.241 e. The van der Waals surface area contributed by atoms with Crippen LogP contribution in [0.3, 0.4) is 0 Å². The summed E-state index contributed by atoms with van der Waals surface area (Å²) in [6.45, 7) is 5.08. The second-order valence-corrected chi connectivity index (χ2v) is 5.75. The van der Waals surface area contributed by atoms with Crippen molar-refractivity contribution in [3.63, 3.8) is 0 Å². The van der Waals surface area contributed by atoms with E-state index in [-0.39, 0.29) is 42.8 Å². The number of hydrogen-bond acceptors (Lipinski definition) is 4. The first-order chi connectivity index (χ1) is 9.41. The van der Waals surface area contributed by atoms with Gasteiger partial charge >= 0.3 is 0 Å². The number of ether oxygens (including phenoxy) is 1. The average Bonchev–Trinajstić information content (AvgIpc) is 2.44. The molecule has 1 saturated heterocycles. The van der Waals surface area contributed by atoms with Gasteiger partial charge in [-0.25, -0.2) is 0 Å². The highest BCUT2D eigenvalue weighted by molar-refractivity contribution is 5.87. The highest BCUT2D eigenvalue weighted by Gasteiger charge is 2.21. The molecule has 2 amide bonds. The molecule has 1 heterocycles. The SMILES string of the molecule is CC(C)[C@H](N)C(=O)NCC(=O)N(C)CC1CCCCO1.Cl. The molecular weight excluding hydrogens is 294 g/mol. The number of nitrogens with two attached hydrogens (primary N) is 1. The van der Waals surface area contributed by atoms with E-state index in [9.17, 15) is 9.59 Å².